The lowest BCUT2D eigenvalue weighted by Gasteiger charge is -2.44. The van der Waals surface area contributed by atoms with Crippen LogP contribution in [0.5, 0.6) is 5.88 Å². The van der Waals surface area contributed by atoms with E-state index in [1.165, 1.54) is 0 Å². The van der Waals surface area contributed by atoms with Crippen LogP contribution in [-0.4, -0.2) is 68.8 Å². The van der Waals surface area contributed by atoms with Gasteiger partial charge in [-0.25, -0.2) is 9.97 Å². The van der Waals surface area contributed by atoms with Crippen LogP contribution in [0, 0.1) is 6.92 Å². The van der Waals surface area contributed by atoms with E-state index < -0.39 is 5.60 Å². The van der Waals surface area contributed by atoms with E-state index in [1.54, 1.807) is 13.3 Å². The van der Waals surface area contributed by atoms with Crippen LogP contribution in [-0.2, 0) is 17.9 Å². The molecule has 0 saturated carbocycles. The molecular formula is C33H36Cl2N6O3. The first kappa shape index (κ1) is 30.6. The van der Waals surface area contributed by atoms with Gasteiger partial charge in [0.1, 0.15) is 0 Å². The number of pyridine rings is 2. The van der Waals surface area contributed by atoms with Crippen molar-refractivity contribution in [2.75, 3.05) is 26.7 Å². The van der Waals surface area contributed by atoms with Crippen LogP contribution in [0.15, 0.2) is 54.9 Å². The number of β-amino-alcohol motifs (C(OH)–C–C–N with tert-alkyl or cyclic N) is 1. The van der Waals surface area contributed by atoms with Gasteiger partial charge >= 0.3 is 0 Å². The summed E-state index contributed by atoms with van der Waals surface area (Å²) in [5.41, 5.74) is 5.44. The fourth-order valence-corrected chi connectivity index (χ4v) is 6.72. The van der Waals surface area contributed by atoms with Gasteiger partial charge in [0.2, 0.25) is 11.8 Å². The van der Waals surface area contributed by atoms with Gasteiger partial charge in [-0.2, -0.15) is 0 Å². The Morgan fingerprint density at radius 3 is 2.61 bits per heavy atom. The molecule has 4 aromatic rings. The van der Waals surface area contributed by atoms with Crippen LogP contribution in [0.25, 0.3) is 28.2 Å². The van der Waals surface area contributed by atoms with Crippen LogP contribution >= 0.6 is 23.2 Å². The molecule has 1 atom stereocenters. The van der Waals surface area contributed by atoms with Gasteiger partial charge in [-0.1, -0.05) is 47.5 Å². The topological polar surface area (TPSA) is 105 Å². The van der Waals surface area contributed by atoms with Gasteiger partial charge in [0.05, 0.1) is 28.5 Å². The van der Waals surface area contributed by atoms with E-state index in [1.807, 2.05) is 54.1 Å². The first-order chi connectivity index (χ1) is 21.1. The number of hydrogen-bond donors (Lipinski definition) is 3. The molecule has 44 heavy (non-hydrogen) atoms. The number of aryl methyl sites for hydroxylation is 1. The Balaban J connectivity index is 1.26. The number of carbonyl (C=O) groups is 1. The summed E-state index contributed by atoms with van der Waals surface area (Å²) < 4.78 is 7.66. The summed E-state index contributed by atoms with van der Waals surface area (Å²) in [4.78, 5) is 23.1. The number of aliphatic hydroxyl groups is 1. The number of likely N-dealkylation sites (tertiary alicyclic amines) is 1. The Morgan fingerprint density at radius 1 is 1.11 bits per heavy atom. The molecule has 5 heterocycles. The number of rotatable bonds is 10. The van der Waals surface area contributed by atoms with Crippen LogP contribution in [0.2, 0.25) is 10.0 Å². The maximum absolute atomic E-state index is 11.5. The smallest absolute Gasteiger partial charge is 0.220 e. The average Bonchev–Trinajstić information content (AvgIpc) is 3.57. The summed E-state index contributed by atoms with van der Waals surface area (Å²) >= 11 is 14.1. The number of nitrogens with zero attached hydrogens (tertiary/aromatic N) is 4. The van der Waals surface area contributed by atoms with Crippen LogP contribution < -0.4 is 15.4 Å². The molecule has 230 valence electrons. The molecule has 2 saturated heterocycles. The van der Waals surface area contributed by atoms with E-state index >= 15 is 0 Å². The second-order valence-electron chi connectivity index (χ2n) is 11.9. The molecule has 1 aromatic carbocycles. The van der Waals surface area contributed by atoms with Crippen molar-refractivity contribution in [1.82, 2.24) is 30.1 Å². The quantitative estimate of drug-likeness (QED) is 0.221. The average molecular weight is 636 g/mol. The molecule has 0 radical (unpaired) electrons. The fourth-order valence-electron chi connectivity index (χ4n) is 6.09. The third-order valence-corrected chi connectivity index (χ3v) is 9.09. The van der Waals surface area contributed by atoms with E-state index in [2.05, 4.69) is 33.5 Å². The van der Waals surface area contributed by atoms with Crippen molar-refractivity contribution in [1.29, 1.82) is 0 Å². The zero-order valence-corrected chi connectivity index (χ0v) is 26.5. The summed E-state index contributed by atoms with van der Waals surface area (Å²) in [6.45, 7) is 7.10. The molecule has 11 heteroatoms. The van der Waals surface area contributed by atoms with Crippen LogP contribution in [0.1, 0.15) is 36.6 Å². The summed E-state index contributed by atoms with van der Waals surface area (Å²) in [5, 5.41) is 17.6. The maximum Gasteiger partial charge on any atom is 0.220 e. The monoisotopic (exact) mass is 634 g/mol. The van der Waals surface area contributed by atoms with Gasteiger partial charge in [-0.15, -0.1) is 0 Å². The Bertz CT molecular complexity index is 1700. The van der Waals surface area contributed by atoms with Gasteiger partial charge in [-0.3, -0.25) is 9.69 Å². The first-order valence-electron chi connectivity index (χ1n) is 14.7. The maximum atomic E-state index is 11.5. The Kier molecular flexibility index (Phi) is 8.68. The van der Waals surface area contributed by atoms with Gasteiger partial charge in [0.25, 0.3) is 0 Å². The number of hydrogen-bond acceptors (Lipinski definition) is 7. The number of ether oxygens (including phenoxy) is 1. The highest BCUT2D eigenvalue weighted by atomic mass is 35.5. The van der Waals surface area contributed by atoms with Crippen molar-refractivity contribution in [3.05, 3.63) is 81.7 Å². The van der Waals surface area contributed by atoms with Gasteiger partial charge in [0.15, 0.2) is 5.82 Å². The Hall–Kier alpha value is -3.47. The molecule has 0 spiro atoms. The fraction of sp³-hybridized carbons (Fsp3) is 0.364. The molecule has 0 bridgehead atoms. The highest BCUT2D eigenvalue weighted by Crippen LogP contribution is 2.41. The molecule has 3 aromatic heterocycles. The van der Waals surface area contributed by atoms with Crippen LogP contribution in [0.4, 0.5) is 0 Å². The molecule has 2 fully saturated rings. The second kappa shape index (κ2) is 12.5. The Labute approximate surface area is 267 Å². The van der Waals surface area contributed by atoms with Crippen molar-refractivity contribution in [2.45, 2.75) is 51.4 Å². The van der Waals surface area contributed by atoms with Gasteiger partial charge < -0.3 is 25.0 Å². The van der Waals surface area contributed by atoms with Crippen molar-refractivity contribution in [2.24, 2.45) is 0 Å². The Morgan fingerprint density at radius 2 is 1.89 bits per heavy atom. The number of halogens is 2. The van der Waals surface area contributed by atoms with E-state index in [0.717, 1.165) is 39.9 Å². The minimum absolute atomic E-state index is 0.103. The van der Waals surface area contributed by atoms with Gasteiger partial charge in [0, 0.05) is 85.5 Å². The molecule has 2 aliphatic heterocycles. The van der Waals surface area contributed by atoms with E-state index in [9.17, 15) is 9.90 Å². The largest absolute Gasteiger partial charge is 0.481 e. The molecule has 2 aliphatic rings. The number of methoxy groups -OCH3 is 1. The van der Waals surface area contributed by atoms with Crippen molar-refractivity contribution in [3.63, 3.8) is 0 Å². The molecule has 0 aliphatic carbocycles. The van der Waals surface area contributed by atoms with Crippen molar-refractivity contribution in [3.8, 4) is 34.1 Å². The number of carbonyl (C=O) groups excluding carboxylic acids is 1. The SMILES string of the molecule is COc1nc(-c2cccc(-c3ccnc(-n4ccc(C)c4CN4CC(C)(O)C4)c3Cl)c2Cl)ccc1CNC[C@H]1CCC(=O)N1. The lowest BCUT2D eigenvalue weighted by Crippen LogP contribution is -2.59. The third-order valence-electron chi connectivity index (χ3n) is 8.31. The number of amides is 1. The highest BCUT2D eigenvalue weighted by Gasteiger charge is 2.37. The molecule has 9 nitrogen and oxygen atoms in total. The minimum Gasteiger partial charge on any atom is -0.481 e. The van der Waals surface area contributed by atoms with E-state index in [-0.39, 0.29) is 11.9 Å². The molecule has 1 amide bonds. The van der Waals surface area contributed by atoms with Crippen molar-refractivity contribution < 1.29 is 14.6 Å². The predicted molar refractivity (Wildman–Crippen MR) is 172 cm³/mol. The van der Waals surface area contributed by atoms with Crippen molar-refractivity contribution >= 4 is 29.1 Å². The summed E-state index contributed by atoms with van der Waals surface area (Å²) in [6, 6.07) is 13.8. The zero-order chi connectivity index (χ0) is 31.0. The number of nitrogens with one attached hydrogen (secondary N) is 2. The predicted octanol–water partition coefficient (Wildman–Crippen LogP) is 5.16. The molecule has 6 rings (SSSR count). The number of benzene rings is 1. The summed E-state index contributed by atoms with van der Waals surface area (Å²) in [7, 11) is 1.60. The zero-order valence-electron chi connectivity index (χ0n) is 25.0. The normalized spacial score (nSPS) is 17.9. The highest BCUT2D eigenvalue weighted by molar-refractivity contribution is 6.38. The molecular weight excluding hydrogens is 599 g/mol. The van der Waals surface area contributed by atoms with E-state index in [0.29, 0.717) is 66.6 Å². The molecule has 0 unspecified atom stereocenters. The third kappa shape index (κ3) is 6.20. The van der Waals surface area contributed by atoms with Gasteiger partial charge in [-0.05, 0) is 44.0 Å². The van der Waals surface area contributed by atoms with Crippen LogP contribution in [0.3, 0.4) is 0 Å². The second-order valence-corrected chi connectivity index (χ2v) is 12.7. The minimum atomic E-state index is -0.644. The first-order valence-corrected chi connectivity index (χ1v) is 15.5. The van der Waals surface area contributed by atoms with E-state index in [4.69, 9.17) is 32.9 Å². The summed E-state index contributed by atoms with van der Waals surface area (Å²) in [5.74, 6) is 1.23. The molecule has 3 N–H and O–H groups in total. The standard InChI is InChI=1S/C33H36Cl2N6O3/c1-20-12-14-41(27(20)17-40-18-33(2,43)19-40)31-30(35)24(11-13-37-31)23-5-4-6-25(29(23)34)26-9-7-21(32(39-26)44-3)15-36-16-22-8-10-28(42)38-22/h4-7,9,11-14,22,36,43H,8,10,15-19H2,1-3H3,(H,38,42)/t22-/m1/s1. The lowest BCUT2D eigenvalue weighted by atomic mass is 9.96. The number of aromatic nitrogens is 3. The lowest BCUT2D eigenvalue weighted by molar-refractivity contribution is -0.119. The summed E-state index contributed by atoms with van der Waals surface area (Å²) in [6.07, 6.45) is 5.14.